The van der Waals surface area contributed by atoms with Crippen molar-refractivity contribution in [2.24, 2.45) is 10.8 Å². The van der Waals surface area contributed by atoms with Gasteiger partial charge in [0.15, 0.2) is 5.41 Å². The highest BCUT2D eigenvalue weighted by molar-refractivity contribution is 7.89. The molecule has 0 unspecified atom stereocenters. The van der Waals surface area contributed by atoms with Gasteiger partial charge in [0.2, 0.25) is 10.0 Å². The maximum atomic E-state index is 13.5. The van der Waals surface area contributed by atoms with Gasteiger partial charge in [0.05, 0.1) is 28.7 Å². The van der Waals surface area contributed by atoms with Crippen molar-refractivity contribution in [3.05, 3.63) is 79.3 Å². The fourth-order valence-corrected chi connectivity index (χ4v) is 5.38. The van der Waals surface area contributed by atoms with Gasteiger partial charge >= 0.3 is 0 Å². The Kier molecular flexibility index (Phi) is 4.76. The molecule has 1 atom stereocenters. The van der Waals surface area contributed by atoms with Crippen LogP contribution in [0.15, 0.2) is 77.3 Å². The van der Waals surface area contributed by atoms with Crippen LogP contribution in [0.2, 0.25) is 0 Å². The molecule has 1 aromatic carbocycles. The Balaban J connectivity index is 2.30. The van der Waals surface area contributed by atoms with Crippen LogP contribution in [0.5, 0.6) is 0 Å². The molecule has 1 aromatic heterocycles. The zero-order chi connectivity index (χ0) is 20.6. The second kappa shape index (κ2) is 6.79. The van der Waals surface area contributed by atoms with E-state index in [0.717, 1.165) is 9.87 Å². The molecule has 142 valence electrons. The molecule has 0 radical (unpaired) electrons. The average molecular weight is 393 g/mol. The van der Waals surface area contributed by atoms with Gasteiger partial charge in [-0.1, -0.05) is 29.8 Å². The van der Waals surface area contributed by atoms with Gasteiger partial charge < -0.3 is 4.42 Å². The first-order valence-corrected chi connectivity index (χ1v) is 9.97. The highest BCUT2D eigenvalue weighted by atomic mass is 32.2. The molecule has 6 nitrogen and oxygen atoms in total. The first-order valence-electron chi connectivity index (χ1n) is 8.53. The molecule has 28 heavy (non-hydrogen) atoms. The number of benzene rings is 1. The molecule has 1 aliphatic rings. The molecular formula is C21H19N3O3S. The number of aryl methyl sites for hydroxylation is 1. The van der Waals surface area contributed by atoms with E-state index in [0.29, 0.717) is 0 Å². The Labute approximate surface area is 164 Å². The second-order valence-electron chi connectivity index (χ2n) is 6.76. The lowest BCUT2D eigenvalue weighted by molar-refractivity contribution is 0.260. The minimum absolute atomic E-state index is 0.0726. The topological polar surface area (TPSA) is 98.1 Å². The van der Waals surface area contributed by atoms with Crippen molar-refractivity contribution >= 4 is 10.0 Å². The van der Waals surface area contributed by atoms with E-state index in [1.165, 1.54) is 30.5 Å². The molecule has 0 amide bonds. The molecule has 0 bridgehead atoms. The largest absolute Gasteiger partial charge is 0.468 e. The zero-order valence-electron chi connectivity index (χ0n) is 15.4. The SMILES string of the molecule is C=CC1(C=C)CN(S(=O)(=O)c2ccc(C)cc2)[C@H](c2ccco2)C1(C#N)C#N. The van der Waals surface area contributed by atoms with Gasteiger partial charge in [0, 0.05) is 6.54 Å². The Morgan fingerprint density at radius 2 is 1.79 bits per heavy atom. The van der Waals surface area contributed by atoms with Gasteiger partial charge in [-0.3, -0.25) is 0 Å². The molecule has 7 heteroatoms. The molecule has 2 heterocycles. The lowest BCUT2D eigenvalue weighted by atomic mass is 9.63. The first kappa shape index (κ1) is 19.6. The van der Waals surface area contributed by atoms with E-state index in [-0.39, 0.29) is 17.2 Å². The van der Waals surface area contributed by atoms with Crippen LogP contribution in [-0.4, -0.2) is 19.3 Å². The summed E-state index contributed by atoms with van der Waals surface area (Å²) < 4.78 is 33.6. The van der Waals surface area contributed by atoms with Crippen LogP contribution in [0.25, 0.3) is 0 Å². The molecule has 0 aliphatic carbocycles. The third kappa shape index (κ3) is 2.52. The summed E-state index contributed by atoms with van der Waals surface area (Å²) in [6, 6.07) is 12.5. The summed E-state index contributed by atoms with van der Waals surface area (Å²) >= 11 is 0. The number of sulfonamides is 1. The fourth-order valence-electron chi connectivity index (χ4n) is 3.71. The van der Waals surface area contributed by atoms with Crippen molar-refractivity contribution in [1.29, 1.82) is 10.5 Å². The molecule has 1 fully saturated rings. The quantitative estimate of drug-likeness (QED) is 0.721. The van der Waals surface area contributed by atoms with Gasteiger partial charge in [-0.05, 0) is 31.2 Å². The van der Waals surface area contributed by atoms with Crippen molar-refractivity contribution in [3.63, 3.8) is 0 Å². The number of hydrogen-bond donors (Lipinski definition) is 0. The molecule has 2 aromatic rings. The van der Waals surface area contributed by atoms with E-state index >= 15 is 0 Å². The Morgan fingerprint density at radius 3 is 2.25 bits per heavy atom. The average Bonchev–Trinajstić information content (AvgIpc) is 3.32. The summed E-state index contributed by atoms with van der Waals surface area (Å²) in [7, 11) is -4.04. The van der Waals surface area contributed by atoms with Crippen LogP contribution in [0.3, 0.4) is 0 Å². The highest BCUT2D eigenvalue weighted by Crippen LogP contribution is 2.59. The second-order valence-corrected chi connectivity index (χ2v) is 8.65. The molecule has 0 saturated carbocycles. The van der Waals surface area contributed by atoms with Gasteiger partial charge in [0.25, 0.3) is 0 Å². The van der Waals surface area contributed by atoms with Crippen molar-refractivity contribution in [1.82, 2.24) is 4.31 Å². The summed E-state index contributed by atoms with van der Waals surface area (Å²) in [5.41, 5.74) is -2.14. The summed E-state index contributed by atoms with van der Waals surface area (Å²) in [6.45, 7) is 9.24. The summed E-state index contributed by atoms with van der Waals surface area (Å²) in [5, 5.41) is 20.1. The fraction of sp³-hybridized carbons (Fsp3) is 0.238. The monoisotopic (exact) mass is 393 g/mol. The van der Waals surface area contributed by atoms with E-state index in [4.69, 9.17) is 4.42 Å². The Morgan fingerprint density at radius 1 is 1.18 bits per heavy atom. The Bertz CT molecular complexity index is 1070. The van der Waals surface area contributed by atoms with E-state index in [2.05, 4.69) is 25.3 Å². The van der Waals surface area contributed by atoms with Crippen LogP contribution >= 0.6 is 0 Å². The number of nitrogens with zero attached hydrogens (tertiary/aromatic N) is 3. The third-order valence-corrected chi connectivity index (χ3v) is 7.20. The minimum atomic E-state index is -4.04. The molecule has 3 rings (SSSR count). The molecular weight excluding hydrogens is 374 g/mol. The number of nitriles is 2. The van der Waals surface area contributed by atoms with Gasteiger partial charge in [0.1, 0.15) is 11.8 Å². The predicted octanol–water partition coefficient (Wildman–Crippen LogP) is 3.73. The van der Waals surface area contributed by atoms with Crippen LogP contribution in [-0.2, 0) is 10.0 Å². The summed E-state index contributed by atoms with van der Waals surface area (Å²) in [5.74, 6) is 0.212. The third-order valence-electron chi connectivity index (χ3n) is 5.37. The van der Waals surface area contributed by atoms with Crippen LogP contribution < -0.4 is 0 Å². The van der Waals surface area contributed by atoms with E-state index in [1.54, 1.807) is 24.3 Å². The van der Waals surface area contributed by atoms with E-state index in [9.17, 15) is 18.9 Å². The van der Waals surface area contributed by atoms with Crippen LogP contribution in [0.4, 0.5) is 0 Å². The zero-order valence-corrected chi connectivity index (χ0v) is 16.2. The van der Waals surface area contributed by atoms with Crippen molar-refractivity contribution in [2.75, 3.05) is 6.54 Å². The smallest absolute Gasteiger partial charge is 0.243 e. The maximum absolute atomic E-state index is 13.5. The molecule has 1 saturated heterocycles. The lowest BCUT2D eigenvalue weighted by Gasteiger charge is -2.32. The van der Waals surface area contributed by atoms with Crippen molar-refractivity contribution < 1.29 is 12.8 Å². The molecule has 1 aliphatic heterocycles. The van der Waals surface area contributed by atoms with Crippen LogP contribution in [0.1, 0.15) is 17.4 Å². The van der Waals surface area contributed by atoms with Gasteiger partial charge in [-0.15, -0.1) is 13.2 Å². The molecule has 0 N–H and O–H groups in total. The number of hydrogen-bond acceptors (Lipinski definition) is 5. The van der Waals surface area contributed by atoms with Gasteiger partial charge in [-0.25, -0.2) is 8.42 Å². The normalized spacial score (nSPS) is 20.8. The van der Waals surface area contributed by atoms with Gasteiger partial charge in [-0.2, -0.15) is 14.8 Å². The maximum Gasteiger partial charge on any atom is 0.243 e. The number of furan rings is 1. The minimum Gasteiger partial charge on any atom is -0.468 e. The summed E-state index contributed by atoms with van der Waals surface area (Å²) in [6.07, 6.45) is 4.23. The van der Waals surface area contributed by atoms with E-state index in [1.807, 2.05) is 6.92 Å². The highest BCUT2D eigenvalue weighted by Gasteiger charge is 2.66. The van der Waals surface area contributed by atoms with Crippen molar-refractivity contribution in [3.8, 4) is 12.1 Å². The summed E-state index contributed by atoms with van der Waals surface area (Å²) in [4.78, 5) is 0.0726. The lowest BCUT2D eigenvalue weighted by Crippen LogP contribution is -2.37. The molecule has 0 spiro atoms. The van der Waals surface area contributed by atoms with Crippen LogP contribution in [0, 0.1) is 40.4 Å². The van der Waals surface area contributed by atoms with Crippen molar-refractivity contribution in [2.45, 2.75) is 17.9 Å². The Hall–Kier alpha value is -3.13. The number of rotatable bonds is 5. The van der Waals surface area contributed by atoms with E-state index < -0.39 is 26.9 Å². The predicted molar refractivity (Wildman–Crippen MR) is 103 cm³/mol. The first-order chi connectivity index (χ1) is 13.3. The standard InChI is InChI=1S/C21H19N3O3S/c1-4-20(5-2)15-24(28(25,26)17-10-8-16(3)9-11-17)19(18-7-6-12-27-18)21(20,13-22)14-23/h4-12,19H,1-2,15H2,3H3/t19-/m1/s1.